The van der Waals surface area contributed by atoms with E-state index in [1.54, 1.807) is 19.9 Å². The summed E-state index contributed by atoms with van der Waals surface area (Å²) < 4.78 is 44.9. The Morgan fingerprint density at radius 1 is 1.35 bits per heavy atom. The van der Waals surface area contributed by atoms with Crippen molar-refractivity contribution < 1.29 is 22.3 Å². The van der Waals surface area contributed by atoms with Gasteiger partial charge in [-0.1, -0.05) is 11.6 Å². The van der Waals surface area contributed by atoms with E-state index in [1.165, 1.54) is 0 Å². The van der Waals surface area contributed by atoms with Gasteiger partial charge in [0.15, 0.2) is 0 Å². The fraction of sp³-hybridized carbons (Fsp3) is 0.333. The molecule has 0 fully saturated rings. The molecule has 0 aliphatic carbocycles. The second-order valence-electron chi connectivity index (χ2n) is 5.15. The topological polar surface area (TPSA) is 79.5 Å². The van der Waals surface area contributed by atoms with E-state index >= 15 is 0 Å². The molecule has 0 bridgehead atoms. The lowest BCUT2D eigenvalue weighted by atomic mass is 10.1. The van der Waals surface area contributed by atoms with Gasteiger partial charge in [0.2, 0.25) is 10.0 Å². The number of halogens is 2. The van der Waals surface area contributed by atoms with Gasteiger partial charge in [-0.3, -0.25) is 0 Å². The van der Waals surface area contributed by atoms with Crippen LogP contribution in [0.3, 0.4) is 0 Å². The quantitative estimate of drug-likeness (QED) is 0.828. The minimum atomic E-state index is -3.82. The van der Waals surface area contributed by atoms with Crippen LogP contribution in [0.1, 0.15) is 29.6 Å². The summed E-state index contributed by atoms with van der Waals surface area (Å²) in [5.74, 6) is 0.591. The molecule has 2 rings (SSSR count). The van der Waals surface area contributed by atoms with Crippen LogP contribution in [0.4, 0.5) is 4.39 Å². The highest BCUT2D eigenvalue weighted by Crippen LogP contribution is 2.24. The van der Waals surface area contributed by atoms with Crippen LogP contribution in [0.15, 0.2) is 33.6 Å². The molecule has 8 heteroatoms. The first-order valence-corrected chi connectivity index (χ1v) is 8.76. The molecule has 0 amide bonds. The lowest BCUT2D eigenvalue weighted by Gasteiger charge is -2.11. The number of aliphatic hydroxyl groups is 1. The van der Waals surface area contributed by atoms with Crippen LogP contribution in [0, 0.1) is 19.7 Å². The highest BCUT2D eigenvalue weighted by molar-refractivity contribution is 7.89. The van der Waals surface area contributed by atoms with Gasteiger partial charge >= 0.3 is 0 Å². The average Bonchev–Trinajstić information content (AvgIpc) is 2.80. The molecule has 126 valence electrons. The van der Waals surface area contributed by atoms with Gasteiger partial charge in [0.1, 0.15) is 17.3 Å². The SMILES string of the molecule is Cc1cc([C@@H](O)CCNS(=O)(=O)c2ccc(F)c(Cl)c2)c(C)o1. The van der Waals surface area contributed by atoms with Crippen LogP contribution in [-0.2, 0) is 10.0 Å². The maximum atomic E-state index is 13.1. The van der Waals surface area contributed by atoms with Crippen molar-refractivity contribution in [2.75, 3.05) is 6.54 Å². The summed E-state index contributed by atoms with van der Waals surface area (Å²) in [5, 5.41) is 9.83. The summed E-state index contributed by atoms with van der Waals surface area (Å²) in [6.45, 7) is 3.52. The van der Waals surface area contributed by atoms with Gasteiger partial charge in [-0.2, -0.15) is 0 Å². The molecular formula is C15H17ClFNO4S. The maximum Gasteiger partial charge on any atom is 0.240 e. The second kappa shape index (κ2) is 7.00. The predicted molar refractivity (Wildman–Crippen MR) is 84.4 cm³/mol. The van der Waals surface area contributed by atoms with E-state index in [1.807, 2.05) is 0 Å². The van der Waals surface area contributed by atoms with Crippen molar-refractivity contribution in [3.63, 3.8) is 0 Å². The number of benzene rings is 1. The fourth-order valence-corrected chi connectivity index (χ4v) is 3.51. The third-order valence-electron chi connectivity index (χ3n) is 3.35. The molecule has 0 radical (unpaired) electrons. The normalized spacial score (nSPS) is 13.3. The molecule has 23 heavy (non-hydrogen) atoms. The number of hydrogen-bond acceptors (Lipinski definition) is 4. The molecule has 1 aromatic carbocycles. The minimum Gasteiger partial charge on any atom is -0.466 e. The Labute approximate surface area is 139 Å². The summed E-state index contributed by atoms with van der Waals surface area (Å²) >= 11 is 5.59. The van der Waals surface area contributed by atoms with Gasteiger partial charge in [0.25, 0.3) is 0 Å². The Balaban J connectivity index is 1.99. The third-order valence-corrected chi connectivity index (χ3v) is 5.10. The van der Waals surface area contributed by atoms with E-state index in [-0.39, 0.29) is 22.9 Å². The first-order valence-electron chi connectivity index (χ1n) is 6.90. The Morgan fingerprint density at radius 2 is 2.04 bits per heavy atom. The highest BCUT2D eigenvalue weighted by Gasteiger charge is 2.18. The standard InChI is InChI=1S/C15H17ClFNO4S/c1-9-7-12(10(2)22-9)15(19)5-6-18-23(20,21)11-3-4-14(17)13(16)8-11/h3-4,7-8,15,18-19H,5-6H2,1-2H3/t15-/m0/s1. The second-order valence-corrected chi connectivity index (χ2v) is 7.32. The highest BCUT2D eigenvalue weighted by atomic mass is 35.5. The smallest absolute Gasteiger partial charge is 0.240 e. The predicted octanol–water partition coefficient (Wildman–Crippen LogP) is 3.09. The van der Waals surface area contributed by atoms with Crippen LogP contribution in [0.2, 0.25) is 5.02 Å². The first kappa shape index (κ1) is 17.9. The molecule has 2 aromatic rings. The van der Waals surface area contributed by atoms with Gasteiger partial charge in [0, 0.05) is 12.1 Å². The van der Waals surface area contributed by atoms with Crippen LogP contribution < -0.4 is 4.72 Å². The molecule has 1 heterocycles. The summed E-state index contributed by atoms with van der Waals surface area (Å²) in [7, 11) is -3.82. The lowest BCUT2D eigenvalue weighted by molar-refractivity contribution is 0.167. The maximum absolute atomic E-state index is 13.1. The molecule has 0 unspecified atom stereocenters. The van der Waals surface area contributed by atoms with Crippen molar-refractivity contribution >= 4 is 21.6 Å². The van der Waals surface area contributed by atoms with Crippen LogP contribution in [0.25, 0.3) is 0 Å². The number of sulfonamides is 1. The van der Waals surface area contributed by atoms with E-state index in [2.05, 4.69) is 4.72 Å². The summed E-state index contributed by atoms with van der Waals surface area (Å²) in [6, 6.07) is 4.88. The van der Waals surface area contributed by atoms with E-state index in [0.29, 0.717) is 17.1 Å². The average molecular weight is 362 g/mol. The van der Waals surface area contributed by atoms with Gasteiger partial charge in [-0.05, 0) is 44.5 Å². The zero-order valence-electron chi connectivity index (χ0n) is 12.6. The molecule has 0 saturated carbocycles. The van der Waals surface area contributed by atoms with Crippen molar-refractivity contribution in [2.45, 2.75) is 31.3 Å². The third kappa shape index (κ3) is 4.32. The van der Waals surface area contributed by atoms with Crippen molar-refractivity contribution in [3.05, 3.63) is 52.2 Å². The summed E-state index contributed by atoms with van der Waals surface area (Å²) in [6.07, 6.45) is -0.666. The zero-order valence-corrected chi connectivity index (χ0v) is 14.2. The Bertz CT molecular complexity index is 804. The number of rotatable bonds is 6. The minimum absolute atomic E-state index is 0.0160. The molecule has 1 atom stereocenters. The molecule has 1 aromatic heterocycles. The van der Waals surface area contributed by atoms with Crippen LogP contribution in [-0.4, -0.2) is 20.1 Å². The van der Waals surface area contributed by atoms with Crippen molar-refractivity contribution in [1.82, 2.24) is 4.72 Å². The zero-order chi connectivity index (χ0) is 17.2. The van der Waals surface area contributed by atoms with Gasteiger partial charge in [-0.25, -0.2) is 17.5 Å². The van der Waals surface area contributed by atoms with Crippen molar-refractivity contribution in [1.29, 1.82) is 0 Å². The van der Waals surface area contributed by atoms with Gasteiger partial charge < -0.3 is 9.52 Å². The first-order chi connectivity index (χ1) is 10.7. The summed E-state index contributed by atoms with van der Waals surface area (Å²) in [5.41, 5.74) is 0.631. The number of hydrogen-bond donors (Lipinski definition) is 2. The van der Waals surface area contributed by atoms with Gasteiger partial charge in [0.05, 0.1) is 16.0 Å². The van der Waals surface area contributed by atoms with E-state index in [4.69, 9.17) is 16.0 Å². The Kier molecular flexibility index (Phi) is 5.46. The molecule has 2 N–H and O–H groups in total. The van der Waals surface area contributed by atoms with E-state index in [9.17, 15) is 17.9 Å². The largest absolute Gasteiger partial charge is 0.466 e. The van der Waals surface area contributed by atoms with E-state index in [0.717, 1.165) is 18.2 Å². The molecule has 0 spiro atoms. The Hall–Kier alpha value is -1.41. The van der Waals surface area contributed by atoms with Crippen molar-refractivity contribution in [3.8, 4) is 0 Å². The molecule has 0 aliphatic heterocycles. The molecule has 0 aliphatic rings. The number of nitrogens with one attached hydrogen (secondary N) is 1. The molecular weight excluding hydrogens is 345 g/mol. The molecule has 0 saturated heterocycles. The van der Waals surface area contributed by atoms with Crippen LogP contribution in [0.5, 0.6) is 0 Å². The number of aryl methyl sites for hydroxylation is 2. The summed E-state index contributed by atoms with van der Waals surface area (Å²) in [4.78, 5) is -0.131. The van der Waals surface area contributed by atoms with Gasteiger partial charge in [-0.15, -0.1) is 0 Å². The number of furan rings is 1. The van der Waals surface area contributed by atoms with Crippen LogP contribution >= 0.6 is 11.6 Å². The number of aliphatic hydroxyl groups excluding tert-OH is 1. The van der Waals surface area contributed by atoms with E-state index < -0.39 is 21.9 Å². The fourth-order valence-electron chi connectivity index (χ4n) is 2.19. The monoisotopic (exact) mass is 361 g/mol. The lowest BCUT2D eigenvalue weighted by Crippen LogP contribution is -2.26. The van der Waals surface area contributed by atoms with Crippen molar-refractivity contribution in [2.24, 2.45) is 0 Å². The Morgan fingerprint density at radius 3 is 2.61 bits per heavy atom. The molecule has 5 nitrogen and oxygen atoms in total.